The van der Waals surface area contributed by atoms with Crippen LogP contribution in [-0.4, -0.2) is 4.98 Å². The van der Waals surface area contributed by atoms with Gasteiger partial charge in [-0.3, -0.25) is 4.79 Å². The van der Waals surface area contributed by atoms with Crippen LogP contribution in [0.25, 0.3) is 10.9 Å². The molecule has 1 aromatic heterocycles. The molecule has 0 spiro atoms. The first-order valence-corrected chi connectivity index (χ1v) is 4.03. The van der Waals surface area contributed by atoms with Gasteiger partial charge in [-0.05, 0) is 12.1 Å². The monoisotopic (exact) mass is 197 g/mol. The zero-order chi connectivity index (χ0) is 9.42. The summed E-state index contributed by atoms with van der Waals surface area (Å²) >= 11 is 5.57. The van der Waals surface area contributed by atoms with Crippen molar-refractivity contribution in [2.45, 2.75) is 0 Å². The average Bonchev–Trinajstić information content (AvgIpc) is 2.12. The summed E-state index contributed by atoms with van der Waals surface area (Å²) in [6.45, 7) is 0. The second-order valence-corrected chi connectivity index (χ2v) is 3.04. The highest BCUT2D eigenvalue weighted by atomic mass is 35.5. The highest BCUT2D eigenvalue weighted by molar-refractivity contribution is 6.30. The molecule has 1 heterocycles. The molecule has 1 N–H and O–H groups in total. The fourth-order valence-corrected chi connectivity index (χ4v) is 1.35. The summed E-state index contributed by atoms with van der Waals surface area (Å²) < 4.78 is 13.1. The smallest absolute Gasteiger partial charge is 0.208 e. The molecule has 13 heavy (non-hydrogen) atoms. The summed E-state index contributed by atoms with van der Waals surface area (Å²) in [6, 6.07) is 4.29. The van der Waals surface area contributed by atoms with Gasteiger partial charge < -0.3 is 4.98 Å². The number of aromatic nitrogens is 1. The molecular weight excluding hydrogens is 193 g/mol. The van der Waals surface area contributed by atoms with Crippen molar-refractivity contribution in [3.8, 4) is 0 Å². The van der Waals surface area contributed by atoms with E-state index in [1.165, 1.54) is 24.4 Å². The summed E-state index contributed by atoms with van der Waals surface area (Å²) in [5, 5.41) is 0.339. The number of hydrogen-bond donors (Lipinski definition) is 1. The Labute approximate surface area is 78.0 Å². The number of fused-ring (bicyclic) bond motifs is 1. The number of halogens is 2. The lowest BCUT2D eigenvalue weighted by atomic mass is 10.2. The van der Waals surface area contributed by atoms with Gasteiger partial charge in [-0.25, -0.2) is 4.39 Å². The van der Waals surface area contributed by atoms with E-state index >= 15 is 0 Å². The van der Waals surface area contributed by atoms with Crippen LogP contribution in [0.2, 0.25) is 5.02 Å². The van der Waals surface area contributed by atoms with Gasteiger partial charge in [0, 0.05) is 6.20 Å². The molecule has 2 rings (SSSR count). The van der Waals surface area contributed by atoms with Crippen molar-refractivity contribution in [1.82, 2.24) is 4.98 Å². The summed E-state index contributed by atoms with van der Waals surface area (Å²) in [4.78, 5) is 14.0. The Morgan fingerprint density at radius 1 is 1.38 bits per heavy atom. The van der Waals surface area contributed by atoms with Crippen LogP contribution in [0.3, 0.4) is 0 Å². The Bertz CT molecular complexity index is 520. The first-order chi connectivity index (χ1) is 6.20. The van der Waals surface area contributed by atoms with Crippen LogP contribution in [0.15, 0.2) is 29.2 Å². The molecule has 2 aromatic rings. The van der Waals surface area contributed by atoms with E-state index in [4.69, 9.17) is 11.6 Å². The summed E-state index contributed by atoms with van der Waals surface area (Å²) in [6.07, 6.45) is 1.29. The van der Waals surface area contributed by atoms with Crippen molar-refractivity contribution in [3.63, 3.8) is 0 Å². The van der Waals surface area contributed by atoms with Gasteiger partial charge in [-0.1, -0.05) is 17.7 Å². The van der Waals surface area contributed by atoms with E-state index in [-0.39, 0.29) is 21.4 Å². The van der Waals surface area contributed by atoms with Crippen molar-refractivity contribution in [1.29, 1.82) is 0 Å². The largest absolute Gasteiger partial charge is 0.357 e. The maximum atomic E-state index is 13.1. The predicted molar refractivity (Wildman–Crippen MR) is 49.5 cm³/mol. The summed E-state index contributed by atoms with van der Waals surface area (Å²) in [5.41, 5.74) is -0.160. The first-order valence-electron chi connectivity index (χ1n) is 3.65. The summed E-state index contributed by atoms with van der Waals surface area (Å²) in [5.74, 6) is -0.453. The second kappa shape index (κ2) is 2.85. The predicted octanol–water partition coefficient (Wildman–Crippen LogP) is 2.32. The van der Waals surface area contributed by atoms with Gasteiger partial charge in [0.15, 0.2) is 0 Å². The van der Waals surface area contributed by atoms with Crippen LogP contribution in [0.5, 0.6) is 0 Å². The number of H-pyrrole nitrogens is 1. The first kappa shape index (κ1) is 8.26. The Kier molecular flexibility index (Phi) is 1.81. The van der Waals surface area contributed by atoms with Crippen LogP contribution in [0.4, 0.5) is 4.39 Å². The Hall–Kier alpha value is -1.35. The van der Waals surface area contributed by atoms with Crippen LogP contribution in [-0.2, 0) is 0 Å². The fourth-order valence-electron chi connectivity index (χ4n) is 1.19. The molecular formula is C9H5ClFNO. The Morgan fingerprint density at radius 2 is 2.15 bits per heavy atom. The second-order valence-electron chi connectivity index (χ2n) is 2.63. The lowest BCUT2D eigenvalue weighted by Crippen LogP contribution is -2.03. The van der Waals surface area contributed by atoms with Gasteiger partial charge in [0.05, 0.1) is 10.9 Å². The molecule has 0 aliphatic rings. The number of nitrogens with one attached hydrogen (secondary N) is 1. The third-order valence-electron chi connectivity index (χ3n) is 1.82. The lowest BCUT2D eigenvalue weighted by Gasteiger charge is -1.98. The van der Waals surface area contributed by atoms with Gasteiger partial charge in [-0.15, -0.1) is 0 Å². The molecule has 0 radical (unpaired) electrons. The van der Waals surface area contributed by atoms with Crippen LogP contribution >= 0.6 is 11.6 Å². The Morgan fingerprint density at radius 3 is 2.92 bits per heavy atom. The molecule has 0 aliphatic carbocycles. The Balaban J connectivity index is 3.03. The normalized spacial score (nSPS) is 10.6. The minimum Gasteiger partial charge on any atom is -0.357 e. The molecule has 0 unspecified atom stereocenters. The number of para-hydroxylation sites is 1. The third kappa shape index (κ3) is 1.21. The standard InChI is InChI=1S/C9H5ClFNO/c10-6-4-12-8-5(9(6)13)2-1-3-7(8)11/h1-4H,(H,12,13). The minimum absolute atomic E-state index is 0.0677. The molecule has 4 heteroatoms. The highest BCUT2D eigenvalue weighted by Gasteiger charge is 2.05. The maximum absolute atomic E-state index is 13.1. The maximum Gasteiger partial charge on any atom is 0.208 e. The molecule has 0 bridgehead atoms. The number of pyridine rings is 1. The molecule has 0 saturated heterocycles. The van der Waals surface area contributed by atoms with E-state index in [0.29, 0.717) is 0 Å². The van der Waals surface area contributed by atoms with E-state index < -0.39 is 5.82 Å². The van der Waals surface area contributed by atoms with Crippen molar-refractivity contribution >= 4 is 22.5 Å². The van der Waals surface area contributed by atoms with Gasteiger partial charge in [0.25, 0.3) is 0 Å². The van der Waals surface area contributed by atoms with E-state index in [1.54, 1.807) is 0 Å². The molecule has 1 aromatic carbocycles. The van der Waals surface area contributed by atoms with Crippen molar-refractivity contribution in [2.24, 2.45) is 0 Å². The molecule has 0 saturated carbocycles. The number of rotatable bonds is 0. The SMILES string of the molecule is O=c1c(Cl)c[nH]c2c(F)cccc12. The number of hydrogen-bond acceptors (Lipinski definition) is 1. The minimum atomic E-state index is -0.453. The third-order valence-corrected chi connectivity index (χ3v) is 2.10. The van der Waals surface area contributed by atoms with E-state index in [1.807, 2.05) is 0 Å². The van der Waals surface area contributed by atoms with Crippen LogP contribution < -0.4 is 5.43 Å². The van der Waals surface area contributed by atoms with Crippen molar-refractivity contribution < 1.29 is 4.39 Å². The van der Waals surface area contributed by atoms with Gasteiger partial charge in [-0.2, -0.15) is 0 Å². The molecule has 0 aliphatic heterocycles. The van der Waals surface area contributed by atoms with Gasteiger partial charge in [0.1, 0.15) is 10.8 Å². The number of benzene rings is 1. The molecule has 66 valence electrons. The summed E-state index contributed by atoms with van der Waals surface area (Å²) in [7, 11) is 0. The lowest BCUT2D eigenvalue weighted by molar-refractivity contribution is 0.637. The average molecular weight is 198 g/mol. The van der Waals surface area contributed by atoms with Crippen LogP contribution in [0, 0.1) is 5.82 Å². The zero-order valence-electron chi connectivity index (χ0n) is 6.47. The van der Waals surface area contributed by atoms with Gasteiger partial charge >= 0.3 is 0 Å². The molecule has 2 nitrogen and oxygen atoms in total. The zero-order valence-corrected chi connectivity index (χ0v) is 7.23. The van der Waals surface area contributed by atoms with E-state index in [0.717, 1.165) is 0 Å². The number of aromatic amines is 1. The molecule has 0 fully saturated rings. The quantitative estimate of drug-likeness (QED) is 0.691. The van der Waals surface area contributed by atoms with Crippen molar-refractivity contribution in [3.05, 3.63) is 45.5 Å². The van der Waals surface area contributed by atoms with Crippen LogP contribution in [0.1, 0.15) is 0 Å². The van der Waals surface area contributed by atoms with Crippen molar-refractivity contribution in [2.75, 3.05) is 0 Å². The molecule has 0 amide bonds. The highest BCUT2D eigenvalue weighted by Crippen LogP contribution is 2.13. The van der Waals surface area contributed by atoms with E-state index in [9.17, 15) is 9.18 Å². The van der Waals surface area contributed by atoms with E-state index in [2.05, 4.69) is 4.98 Å². The molecule has 0 atom stereocenters. The topological polar surface area (TPSA) is 32.9 Å². The fraction of sp³-hybridized carbons (Fsp3) is 0. The van der Waals surface area contributed by atoms with Gasteiger partial charge in [0.2, 0.25) is 5.43 Å².